The van der Waals surface area contributed by atoms with E-state index in [1.165, 1.54) is 5.56 Å². The molecular formula is C23H35N7O. The zero-order valence-electron chi connectivity index (χ0n) is 18.8. The lowest BCUT2D eigenvalue weighted by Gasteiger charge is -2.33. The number of hydrogen-bond donors (Lipinski definition) is 2. The quantitative estimate of drug-likeness (QED) is 0.522. The molecule has 1 aromatic carbocycles. The smallest absolute Gasteiger partial charge is 0.192 e. The van der Waals surface area contributed by atoms with Gasteiger partial charge in [0.1, 0.15) is 12.4 Å². The third-order valence-electron chi connectivity index (χ3n) is 6.26. The summed E-state index contributed by atoms with van der Waals surface area (Å²) in [6.07, 6.45) is 4.75. The second-order valence-corrected chi connectivity index (χ2v) is 8.58. The predicted octanol–water partition coefficient (Wildman–Crippen LogP) is 2.00. The van der Waals surface area contributed by atoms with Gasteiger partial charge in [0.25, 0.3) is 0 Å². The molecule has 2 saturated heterocycles. The number of benzene rings is 1. The maximum absolute atomic E-state index is 5.77. The summed E-state index contributed by atoms with van der Waals surface area (Å²) in [6, 6.07) is 11.1. The molecule has 8 nitrogen and oxygen atoms in total. The highest BCUT2D eigenvalue weighted by molar-refractivity contribution is 5.80. The summed E-state index contributed by atoms with van der Waals surface area (Å²) in [6.45, 7) is 7.32. The Morgan fingerprint density at radius 1 is 1.16 bits per heavy atom. The molecule has 0 saturated carbocycles. The average Bonchev–Trinajstić information content (AvgIpc) is 3.43. The number of piperidine rings is 1. The standard InChI is InChI=1S/C23H35N7O/c1-18-27-28-22(29(18)2)16-25-23(24-15-21-9-6-14-31-21)26-20-10-12-30(13-11-20)17-19-7-4-3-5-8-19/h3-5,7-8,20-21H,6,9-17H2,1-2H3,(H2,24,25,26). The van der Waals surface area contributed by atoms with E-state index in [2.05, 4.69) is 56.1 Å². The minimum absolute atomic E-state index is 0.275. The van der Waals surface area contributed by atoms with Gasteiger partial charge in [0.2, 0.25) is 0 Å². The Kier molecular flexibility index (Phi) is 7.53. The van der Waals surface area contributed by atoms with Crippen LogP contribution in [0.4, 0.5) is 0 Å². The van der Waals surface area contributed by atoms with Crippen molar-refractivity contribution in [3.8, 4) is 0 Å². The van der Waals surface area contributed by atoms with Gasteiger partial charge in [0.15, 0.2) is 11.8 Å². The van der Waals surface area contributed by atoms with E-state index in [9.17, 15) is 0 Å². The molecule has 4 rings (SSSR count). The van der Waals surface area contributed by atoms with Crippen molar-refractivity contribution < 1.29 is 4.74 Å². The molecule has 0 spiro atoms. The molecule has 0 bridgehead atoms. The molecule has 1 atom stereocenters. The first kappa shape index (κ1) is 21.8. The van der Waals surface area contributed by atoms with Gasteiger partial charge in [-0.3, -0.25) is 4.90 Å². The highest BCUT2D eigenvalue weighted by Crippen LogP contribution is 2.14. The summed E-state index contributed by atoms with van der Waals surface area (Å²) in [5.41, 5.74) is 1.38. The SMILES string of the molecule is Cc1nnc(CN=C(NCC2CCCO2)NC2CCN(Cc3ccccc3)CC2)n1C. The van der Waals surface area contributed by atoms with Crippen LogP contribution in [0, 0.1) is 6.92 Å². The van der Waals surface area contributed by atoms with E-state index in [1.54, 1.807) is 0 Å². The van der Waals surface area contributed by atoms with Crippen molar-refractivity contribution in [3.63, 3.8) is 0 Å². The number of nitrogens with zero attached hydrogens (tertiary/aromatic N) is 5. The lowest BCUT2D eigenvalue weighted by molar-refractivity contribution is 0.113. The number of nitrogens with one attached hydrogen (secondary N) is 2. The van der Waals surface area contributed by atoms with Crippen molar-refractivity contribution in [2.45, 2.75) is 57.8 Å². The Hall–Kier alpha value is -2.45. The molecule has 2 N–H and O–H groups in total. The Morgan fingerprint density at radius 2 is 1.97 bits per heavy atom. The fourth-order valence-electron chi connectivity index (χ4n) is 4.18. The van der Waals surface area contributed by atoms with Gasteiger partial charge in [0, 0.05) is 45.9 Å². The average molecular weight is 426 g/mol. The van der Waals surface area contributed by atoms with Gasteiger partial charge >= 0.3 is 0 Å². The second kappa shape index (κ2) is 10.7. The van der Waals surface area contributed by atoms with Gasteiger partial charge in [-0.15, -0.1) is 10.2 Å². The molecule has 1 unspecified atom stereocenters. The molecule has 2 aliphatic heterocycles. The van der Waals surface area contributed by atoms with Gasteiger partial charge in [0.05, 0.1) is 6.10 Å². The molecule has 168 valence electrons. The van der Waals surface area contributed by atoms with Crippen molar-refractivity contribution in [1.29, 1.82) is 0 Å². The van der Waals surface area contributed by atoms with Crippen LogP contribution in [-0.2, 0) is 24.9 Å². The van der Waals surface area contributed by atoms with Crippen LogP contribution in [0.25, 0.3) is 0 Å². The molecule has 2 fully saturated rings. The number of likely N-dealkylation sites (tertiary alicyclic amines) is 1. The van der Waals surface area contributed by atoms with E-state index in [0.717, 1.165) is 76.1 Å². The highest BCUT2D eigenvalue weighted by atomic mass is 16.5. The van der Waals surface area contributed by atoms with Crippen LogP contribution < -0.4 is 10.6 Å². The van der Waals surface area contributed by atoms with Crippen LogP contribution in [0.5, 0.6) is 0 Å². The fraction of sp³-hybridized carbons (Fsp3) is 0.609. The van der Waals surface area contributed by atoms with E-state index in [1.807, 2.05) is 18.5 Å². The van der Waals surface area contributed by atoms with Crippen molar-refractivity contribution in [2.75, 3.05) is 26.2 Å². The maximum Gasteiger partial charge on any atom is 0.192 e. The minimum Gasteiger partial charge on any atom is -0.376 e. The van der Waals surface area contributed by atoms with Crippen LogP contribution in [0.1, 0.15) is 42.9 Å². The number of guanidine groups is 1. The molecule has 8 heteroatoms. The molecule has 2 aliphatic rings. The van der Waals surface area contributed by atoms with Crippen molar-refractivity contribution >= 4 is 5.96 Å². The third kappa shape index (κ3) is 6.27. The van der Waals surface area contributed by atoms with E-state index >= 15 is 0 Å². The zero-order chi connectivity index (χ0) is 21.5. The number of aromatic nitrogens is 3. The first-order chi connectivity index (χ1) is 15.2. The van der Waals surface area contributed by atoms with Gasteiger partial charge in [-0.2, -0.15) is 0 Å². The molecule has 31 heavy (non-hydrogen) atoms. The van der Waals surface area contributed by atoms with Gasteiger partial charge in [-0.05, 0) is 38.2 Å². The highest BCUT2D eigenvalue weighted by Gasteiger charge is 2.21. The summed E-state index contributed by atoms with van der Waals surface area (Å²) in [5, 5.41) is 15.5. The van der Waals surface area contributed by atoms with Gasteiger partial charge in [-0.1, -0.05) is 30.3 Å². The van der Waals surface area contributed by atoms with E-state index in [0.29, 0.717) is 12.6 Å². The summed E-state index contributed by atoms with van der Waals surface area (Å²) >= 11 is 0. The third-order valence-corrected chi connectivity index (χ3v) is 6.26. The number of rotatable bonds is 7. The Balaban J connectivity index is 1.31. The number of ether oxygens (including phenoxy) is 1. The topological polar surface area (TPSA) is 79.6 Å². The number of hydrogen-bond acceptors (Lipinski definition) is 5. The predicted molar refractivity (Wildman–Crippen MR) is 122 cm³/mol. The minimum atomic E-state index is 0.275. The van der Waals surface area contributed by atoms with Gasteiger partial charge in [-0.25, -0.2) is 4.99 Å². The van der Waals surface area contributed by atoms with E-state index in [4.69, 9.17) is 9.73 Å². The van der Waals surface area contributed by atoms with Crippen molar-refractivity contribution in [2.24, 2.45) is 12.0 Å². The van der Waals surface area contributed by atoms with Crippen molar-refractivity contribution in [1.82, 2.24) is 30.3 Å². The van der Waals surface area contributed by atoms with E-state index in [-0.39, 0.29) is 6.10 Å². The Bertz CT molecular complexity index is 837. The van der Waals surface area contributed by atoms with Crippen molar-refractivity contribution in [3.05, 3.63) is 47.5 Å². The summed E-state index contributed by atoms with van der Waals surface area (Å²) < 4.78 is 7.76. The van der Waals surface area contributed by atoms with E-state index < -0.39 is 0 Å². The Labute approximate surface area is 185 Å². The zero-order valence-corrected chi connectivity index (χ0v) is 18.8. The first-order valence-corrected chi connectivity index (χ1v) is 11.4. The van der Waals surface area contributed by atoms with Crippen LogP contribution in [0.15, 0.2) is 35.3 Å². The molecule has 2 aromatic rings. The largest absolute Gasteiger partial charge is 0.376 e. The first-order valence-electron chi connectivity index (χ1n) is 11.4. The number of aliphatic imine (C=N–C) groups is 1. The normalized spacial score (nSPS) is 20.8. The van der Waals surface area contributed by atoms with Crippen LogP contribution >= 0.6 is 0 Å². The second-order valence-electron chi connectivity index (χ2n) is 8.58. The number of aryl methyl sites for hydroxylation is 1. The molecule has 0 radical (unpaired) electrons. The summed E-state index contributed by atoms with van der Waals surface area (Å²) in [7, 11) is 1.98. The van der Waals surface area contributed by atoms with Crippen LogP contribution in [0.3, 0.4) is 0 Å². The molecule has 1 aromatic heterocycles. The molecule has 0 aliphatic carbocycles. The Morgan fingerprint density at radius 3 is 2.65 bits per heavy atom. The summed E-state index contributed by atoms with van der Waals surface area (Å²) in [4.78, 5) is 7.35. The van der Waals surface area contributed by atoms with Crippen LogP contribution in [-0.4, -0.2) is 64.0 Å². The maximum atomic E-state index is 5.77. The van der Waals surface area contributed by atoms with Gasteiger partial charge < -0.3 is 19.9 Å². The molecule has 3 heterocycles. The molecular weight excluding hydrogens is 390 g/mol. The molecule has 0 amide bonds. The fourth-order valence-corrected chi connectivity index (χ4v) is 4.18. The lowest BCUT2D eigenvalue weighted by Crippen LogP contribution is -2.49. The monoisotopic (exact) mass is 425 g/mol. The van der Waals surface area contributed by atoms with Crippen LogP contribution in [0.2, 0.25) is 0 Å². The lowest BCUT2D eigenvalue weighted by atomic mass is 10.0. The summed E-state index contributed by atoms with van der Waals surface area (Å²) in [5.74, 6) is 2.61.